The maximum absolute atomic E-state index is 12.6. The lowest BCUT2D eigenvalue weighted by Crippen LogP contribution is -3.21. The first kappa shape index (κ1) is 19.8. The standard InChI is InChI=1S/C17H23Cl3N2O2/c1-16(2,3)13-6-4-12(5-7-13)14(23)21-15(17(18,19)20)22-8-10-24-11-9-22/h4-7,15H,8-11H2,1-3H3,(H,21,23)/p+1. The van der Waals surface area contributed by atoms with Crippen molar-refractivity contribution in [2.24, 2.45) is 0 Å². The molecule has 1 aromatic carbocycles. The molecule has 4 nitrogen and oxygen atoms in total. The van der Waals surface area contributed by atoms with E-state index in [0.717, 1.165) is 10.5 Å². The Bertz CT molecular complexity index is 559. The third-order valence-corrected chi connectivity index (χ3v) is 4.81. The van der Waals surface area contributed by atoms with E-state index in [-0.39, 0.29) is 11.3 Å². The molecule has 0 aliphatic carbocycles. The Morgan fingerprint density at radius 2 is 1.67 bits per heavy atom. The zero-order valence-electron chi connectivity index (χ0n) is 14.2. The zero-order valence-corrected chi connectivity index (χ0v) is 16.4. The molecule has 0 aromatic heterocycles. The van der Waals surface area contributed by atoms with Crippen LogP contribution in [0.3, 0.4) is 0 Å². The lowest BCUT2D eigenvalue weighted by Gasteiger charge is -2.35. The molecule has 0 bridgehead atoms. The topological polar surface area (TPSA) is 42.8 Å². The monoisotopic (exact) mass is 393 g/mol. The van der Waals surface area contributed by atoms with Crippen LogP contribution in [-0.4, -0.2) is 42.2 Å². The quantitative estimate of drug-likeness (QED) is 0.773. The van der Waals surface area contributed by atoms with Gasteiger partial charge in [-0.25, -0.2) is 0 Å². The predicted octanol–water partition coefficient (Wildman–Crippen LogP) is 2.33. The molecule has 134 valence electrons. The number of morpholine rings is 1. The van der Waals surface area contributed by atoms with Gasteiger partial charge in [-0.1, -0.05) is 67.7 Å². The summed E-state index contributed by atoms with van der Waals surface area (Å²) in [4.78, 5) is 13.6. The van der Waals surface area contributed by atoms with Crippen LogP contribution in [0.1, 0.15) is 36.7 Å². The van der Waals surface area contributed by atoms with Gasteiger partial charge >= 0.3 is 0 Å². The Hall–Kier alpha value is -0.520. The first-order valence-electron chi connectivity index (χ1n) is 7.99. The van der Waals surface area contributed by atoms with Gasteiger partial charge in [-0.3, -0.25) is 10.1 Å². The van der Waals surface area contributed by atoms with Gasteiger partial charge in [-0.15, -0.1) is 0 Å². The van der Waals surface area contributed by atoms with Crippen molar-refractivity contribution < 1.29 is 14.4 Å². The molecule has 0 radical (unpaired) electrons. The first-order chi connectivity index (χ1) is 11.1. The number of quaternary nitrogens is 1. The second-order valence-electron chi connectivity index (χ2n) is 7.05. The number of hydrogen-bond acceptors (Lipinski definition) is 2. The van der Waals surface area contributed by atoms with Gasteiger partial charge in [0.2, 0.25) is 6.17 Å². The fourth-order valence-electron chi connectivity index (χ4n) is 2.67. The van der Waals surface area contributed by atoms with E-state index in [1.54, 1.807) is 12.1 Å². The highest BCUT2D eigenvalue weighted by Crippen LogP contribution is 2.28. The summed E-state index contributed by atoms with van der Waals surface area (Å²) in [5, 5.41) is 2.87. The number of carbonyl (C=O) groups excluding carboxylic acids is 1. The summed E-state index contributed by atoms with van der Waals surface area (Å²) in [7, 11) is 0. The van der Waals surface area contributed by atoms with Crippen molar-refractivity contribution in [1.82, 2.24) is 5.32 Å². The summed E-state index contributed by atoms with van der Waals surface area (Å²) >= 11 is 18.3. The summed E-state index contributed by atoms with van der Waals surface area (Å²) in [5.41, 5.74) is 1.75. The van der Waals surface area contributed by atoms with Crippen molar-refractivity contribution in [2.75, 3.05) is 26.3 Å². The van der Waals surface area contributed by atoms with Gasteiger partial charge in [0.15, 0.2) is 0 Å². The Morgan fingerprint density at radius 1 is 1.12 bits per heavy atom. The van der Waals surface area contributed by atoms with Crippen LogP contribution in [-0.2, 0) is 10.2 Å². The molecule has 1 aromatic rings. The van der Waals surface area contributed by atoms with Gasteiger partial charge in [0, 0.05) is 5.56 Å². The number of amides is 1. The lowest BCUT2D eigenvalue weighted by atomic mass is 9.87. The minimum absolute atomic E-state index is 0.0348. The average molecular weight is 395 g/mol. The number of carbonyl (C=O) groups is 1. The highest BCUT2D eigenvalue weighted by atomic mass is 35.6. The maximum Gasteiger partial charge on any atom is 0.262 e. The molecule has 2 N–H and O–H groups in total. The van der Waals surface area contributed by atoms with E-state index in [1.165, 1.54) is 0 Å². The molecule has 1 atom stereocenters. The third kappa shape index (κ3) is 5.24. The van der Waals surface area contributed by atoms with Crippen molar-refractivity contribution >= 4 is 40.7 Å². The van der Waals surface area contributed by atoms with Gasteiger partial charge in [0.1, 0.15) is 13.1 Å². The molecule has 1 unspecified atom stereocenters. The van der Waals surface area contributed by atoms with E-state index >= 15 is 0 Å². The smallest absolute Gasteiger partial charge is 0.262 e. The molecule has 1 saturated heterocycles. The third-order valence-electron chi connectivity index (χ3n) is 4.16. The number of nitrogens with one attached hydrogen (secondary N) is 2. The van der Waals surface area contributed by atoms with E-state index < -0.39 is 9.96 Å². The van der Waals surface area contributed by atoms with Crippen molar-refractivity contribution in [3.8, 4) is 0 Å². The van der Waals surface area contributed by atoms with Crippen molar-refractivity contribution in [2.45, 2.75) is 36.1 Å². The molecule has 2 rings (SSSR count). The number of ether oxygens (including phenoxy) is 1. The number of alkyl halides is 3. The minimum atomic E-state index is -1.59. The van der Waals surface area contributed by atoms with Gasteiger partial charge in [0.05, 0.1) is 13.2 Å². The SMILES string of the molecule is CC(C)(C)c1ccc(C(=O)NC([NH+]2CCOCC2)C(Cl)(Cl)Cl)cc1. The summed E-state index contributed by atoms with van der Waals surface area (Å²) < 4.78 is 3.74. The van der Waals surface area contributed by atoms with Gasteiger partial charge in [0.25, 0.3) is 9.70 Å². The Balaban J connectivity index is 2.12. The molecule has 0 spiro atoms. The highest BCUT2D eigenvalue weighted by Gasteiger charge is 2.42. The van der Waals surface area contributed by atoms with Crippen molar-refractivity contribution in [1.29, 1.82) is 0 Å². The maximum atomic E-state index is 12.6. The number of halogens is 3. The van der Waals surface area contributed by atoms with Crippen LogP contribution in [0.4, 0.5) is 0 Å². The lowest BCUT2D eigenvalue weighted by molar-refractivity contribution is -0.934. The molecule has 1 fully saturated rings. The Labute approximate surface area is 158 Å². The van der Waals surface area contributed by atoms with Crippen molar-refractivity contribution in [3.63, 3.8) is 0 Å². The molecule has 1 heterocycles. The summed E-state index contributed by atoms with van der Waals surface area (Å²) in [6, 6.07) is 7.53. The molecule has 1 aliphatic heterocycles. The number of hydrogen-bond donors (Lipinski definition) is 2. The van der Waals surface area contributed by atoms with E-state index in [4.69, 9.17) is 39.5 Å². The predicted molar refractivity (Wildman–Crippen MR) is 98.2 cm³/mol. The van der Waals surface area contributed by atoms with Crippen LogP contribution in [0.25, 0.3) is 0 Å². The van der Waals surface area contributed by atoms with Crippen LogP contribution < -0.4 is 10.2 Å². The molecule has 7 heteroatoms. The number of rotatable bonds is 3. The van der Waals surface area contributed by atoms with E-state index in [9.17, 15) is 4.79 Å². The summed E-state index contributed by atoms with van der Waals surface area (Å²) in [6.07, 6.45) is -0.624. The molecule has 24 heavy (non-hydrogen) atoms. The van der Waals surface area contributed by atoms with Crippen LogP contribution >= 0.6 is 34.8 Å². The summed E-state index contributed by atoms with van der Waals surface area (Å²) in [5.74, 6) is -0.245. The minimum Gasteiger partial charge on any atom is -0.370 e. The summed E-state index contributed by atoms with van der Waals surface area (Å²) in [6.45, 7) is 8.92. The Kier molecular flexibility index (Phi) is 6.43. The normalized spacial score (nSPS) is 18.2. The molecular weight excluding hydrogens is 371 g/mol. The molecule has 0 saturated carbocycles. The first-order valence-corrected chi connectivity index (χ1v) is 9.13. The second-order valence-corrected chi connectivity index (χ2v) is 9.41. The zero-order chi connectivity index (χ0) is 18.0. The van der Waals surface area contributed by atoms with Crippen LogP contribution in [0.15, 0.2) is 24.3 Å². The van der Waals surface area contributed by atoms with Crippen LogP contribution in [0.2, 0.25) is 0 Å². The molecule has 1 amide bonds. The van der Waals surface area contributed by atoms with Gasteiger partial charge in [-0.05, 0) is 23.1 Å². The average Bonchev–Trinajstić information content (AvgIpc) is 2.51. The van der Waals surface area contributed by atoms with E-state index in [2.05, 4.69) is 26.1 Å². The Morgan fingerprint density at radius 3 is 2.12 bits per heavy atom. The fraction of sp³-hybridized carbons (Fsp3) is 0.588. The molecule has 1 aliphatic rings. The molecular formula is C17H24Cl3N2O2+. The fourth-order valence-corrected chi connectivity index (χ4v) is 3.30. The van der Waals surface area contributed by atoms with E-state index in [1.807, 2.05) is 12.1 Å². The van der Waals surface area contributed by atoms with Gasteiger partial charge < -0.3 is 9.64 Å². The van der Waals surface area contributed by atoms with Crippen LogP contribution in [0, 0.1) is 0 Å². The second kappa shape index (κ2) is 7.79. The number of benzene rings is 1. The van der Waals surface area contributed by atoms with Crippen LogP contribution in [0.5, 0.6) is 0 Å². The van der Waals surface area contributed by atoms with Crippen molar-refractivity contribution in [3.05, 3.63) is 35.4 Å². The van der Waals surface area contributed by atoms with E-state index in [0.29, 0.717) is 31.9 Å². The van der Waals surface area contributed by atoms with Gasteiger partial charge in [-0.2, -0.15) is 0 Å². The highest BCUT2D eigenvalue weighted by molar-refractivity contribution is 6.68. The largest absolute Gasteiger partial charge is 0.370 e.